The number of benzene rings is 9. The molecule has 0 saturated heterocycles. The van der Waals surface area contributed by atoms with Gasteiger partial charge in [0.25, 0.3) is 0 Å². The predicted molar refractivity (Wildman–Crippen MR) is 258 cm³/mol. The van der Waals surface area contributed by atoms with Crippen molar-refractivity contribution in [3.8, 4) is 56.7 Å². The van der Waals surface area contributed by atoms with Crippen LogP contribution in [-0.2, 0) is 0 Å². The molecule has 0 radical (unpaired) electrons. The van der Waals surface area contributed by atoms with Crippen LogP contribution >= 0.6 is 0 Å². The van der Waals surface area contributed by atoms with Crippen molar-refractivity contribution in [2.45, 2.75) is 0 Å². The van der Waals surface area contributed by atoms with Crippen LogP contribution in [0.3, 0.4) is 0 Å². The monoisotopic (exact) mass is 805 g/mol. The maximum Gasteiger partial charge on any atom is 0.238 e. The van der Waals surface area contributed by atoms with Crippen LogP contribution in [0.1, 0.15) is 0 Å². The van der Waals surface area contributed by atoms with Gasteiger partial charge in [-0.2, -0.15) is 9.97 Å². The Morgan fingerprint density at radius 1 is 0.317 bits per heavy atom. The van der Waals surface area contributed by atoms with Crippen molar-refractivity contribution in [1.82, 2.24) is 24.1 Å². The molecule has 0 spiro atoms. The molecule has 0 aliphatic rings. The van der Waals surface area contributed by atoms with E-state index in [0.29, 0.717) is 17.6 Å². The van der Waals surface area contributed by atoms with Gasteiger partial charge in [-0.1, -0.05) is 182 Å². The van der Waals surface area contributed by atoms with Gasteiger partial charge in [0.1, 0.15) is 11.2 Å². The molecular formula is C57H35N5O. The van der Waals surface area contributed by atoms with E-state index in [1.54, 1.807) is 0 Å². The molecule has 0 aliphatic carbocycles. The van der Waals surface area contributed by atoms with E-state index >= 15 is 0 Å². The van der Waals surface area contributed by atoms with Gasteiger partial charge < -0.3 is 8.98 Å². The molecule has 13 aromatic rings. The Labute approximate surface area is 361 Å². The highest BCUT2D eigenvalue weighted by Gasteiger charge is 2.26. The molecule has 0 fully saturated rings. The number of nitrogens with zero attached hydrogens (tertiary/aromatic N) is 5. The van der Waals surface area contributed by atoms with Gasteiger partial charge >= 0.3 is 0 Å². The summed E-state index contributed by atoms with van der Waals surface area (Å²) in [5.74, 6) is 1.67. The van der Waals surface area contributed by atoms with Crippen LogP contribution < -0.4 is 0 Å². The molecule has 0 bridgehead atoms. The summed E-state index contributed by atoms with van der Waals surface area (Å²) in [7, 11) is 0. The summed E-state index contributed by atoms with van der Waals surface area (Å²) in [6.07, 6.45) is 0. The largest absolute Gasteiger partial charge is 0.456 e. The molecule has 0 amide bonds. The van der Waals surface area contributed by atoms with E-state index in [-0.39, 0.29) is 0 Å². The topological polar surface area (TPSA) is 61.7 Å². The smallest absolute Gasteiger partial charge is 0.238 e. The van der Waals surface area contributed by atoms with E-state index in [4.69, 9.17) is 19.4 Å². The number of hydrogen-bond acceptors (Lipinski definition) is 4. The van der Waals surface area contributed by atoms with Crippen LogP contribution in [0.5, 0.6) is 0 Å². The molecule has 294 valence electrons. The summed E-state index contributed by atoms with van der Waals surface area (Å²) in [5, 5.41) is 6.64. The Kier molecular flexibility index (Phi) is 7.80. The molecule has 0 aliphatic heterocycles. The predicted octanol–water partition coefficient (Wildman–Crippen LogP) is 14.6. The van der Waals surface area contributed by atoms with Crippen molar-refractivity contribution in [2.24, 2.45) is 0 Å². The minimum absolute atomic E-state index is 0.527. The van der Waals surface area contributed by atoms with Gasteiger partial charge in [-0.15, -0.1) is 0 Å². The zero-order chi connectivity index (χ0) is 41.4. The highest BCUT2D eigenvalue weighted by atomic mass is 16.3. The number of hydrogen-bond donors (Lipinski definition) is 0. The molecule has 6 heteroatoms. The number of para-hydroxylation sites is 4. The fourth-order valence-corrected chi connectivity index (χ4v) is 9.60. The lowest BCUT2D eigenvalue weighted by molar-refractivity contribution is 0.669. The number of aromatic nitrogens is 5. The molecule has 0 N–H and O–H groups in total. The van der Waals surface area contributed by atoms with Gasteiger partial charge in [0, 0.05) is 54.6 Å². The first-order valence-corrected chi connectivity index (χ1v) is 21.2. The van der Waals surface area contributed by atoms with E-state index < -0.39 is 0 Å². The van der Waals surface area contributed by atoms with Crippen LogP contribution in [0.2, 0.25) is 0 Å². The number of rotatable bonds is 6. The Hall–Kier alpha value is -8.61. The first-order chi connectivity index (χ1) is 31.3. The average molecular weight is 806 g/mol. The lowest BCUT2D eigenvalue weighted by Gasteiger charge is -2.20. The maximum atomic E-state index is 6.38. The quantitative estimate of drug-likeness (QED) is 0.168. The lowest BCUT2D eigenvalue weighted by Crippen LogP contribution is -2.07. The number of furan rings is 1. The van der Waals surface area contributed by atoms with E-state index in [9.17, 15) is 0 Å². The second-order valence-corrected chi connectivity index (χ2v) is 16.0. The van der Waals surface area contributed by atoms with Crippen molar-refractivity contribution in [3.63, 3.8) is 0 Å². The van der Waals surface area contributed by atoms with Crippen LogP contribution in [0.25, 0.3) is 122 Å². The Morgan fingerprint density at radius 2 is 0.794 bits per heavy atom. The van der Waals surface area contributed by atoms with E-state index in [1.165, 1.54) is 0 Å². The van der Waals surface area contributed by atoms with E-state index in [0.717, 1.165) is 105 Å². The van der Waals surface area contributed by atoms with Gasteiger partial charge in [0.05, 0.1) is 27.8 Å². The minimum Gasteiger partial charge on any atom is -0.456 e. The number of fused-ring (bicyclic) bond motifs is 10. The van der Waals surface area contributed by atoms with Crippen LogP contribution in [0.4, 0.5) is 0 Å². The fraction of sp³-hybridized carbons (Fsp3) is 0. The van der Waals surface area contributed by atoms with Crippen molar-refractivity contribution in [1.29, 1.82) is 0 Å². The molecule has 9 aromatic carbocycles. The van der Waals surface area contributed by atoms with Crippen molar-refractivity contribution < 1.29 is 4.42 Å². The second kappa shape index (κ2) is 14.0. The van der Waals surface area contributed by atoms with Gasteiger partial charge in [0.2, 0.25) is 5.95 Å². The summed E-state index contributed by atoms with van der Waals surface area (Å²) in [6.45, 7) is 0. The van der Waals surface area contributed by atoms with Gasteiger partial charge in [-0.25, -0.2) is 4.98 Å². The van der Waals surface area contributed by atoms with Crippen LogP contribution in [0, 0.1) is 0 Å². The summed E-state index contributed by atoms with van der Waals surface area (Å²) >= 11 is 0. The Bertz CT molecular complexity index is 3850. The normalized spacial score (nSPS) is 11.8. The van der Waals surface area contributed by atoms with Gasteiger partial charge in [-0.3, -0.25) is 4.57 Å². The first kappa shape index (κ1) is 35.2. The Balaban J connectivity index is 1.18. The molecule has 4 heterocycles. The van der Waals surface area contributed by atoms with E-state index in [2.05, 4.69) is 185 Å². The molecule has 6 nitrogen and oxygen atoms in total. The third-order valence-electron chi connectivity index (χ3n) is 12.4. The minimum atomic E-state index is 0.527. The summed E-state index contributed by atoms with van der Waals surface area (Å²) < 4.78 is 11.1. The standard InChI is InChI=1S/C57H35N5O/c1-4-17-36(18-5-1)40-26-16-27-41(37-19-6-2-7-20-37)52(40)61-48-28-13-10-23-42(48)46-33-34-47-43-24-11-14-29-49(43)62(54(47)53(46)61)57-59-55(38-21-8-3-9-22-38)58-56(60-57)39-31-32-45-44-25-12-15-30-50(44)63-51(45)35-39/h1-35H. The molecule has 13 rings (SSSR count). The molecular weight excluding hydrogens is 771 g/mol. The van der Waals surface area contributed by atoms with Crippen molar-refractivity contribution in [3.05, 3.63) is 212 Å². The first-order valence-electron chi connectivity index (χ1n) is 21.2. The van der Waals surface area contributed by atoms with Crippen molar-refractivity contribution >= 4 is 65.6 Å². The average Bonchev–Trinajstić information content (AvgIpc) is 4.02. The fourth-order valence-electron chi connectivity index (χ4n) is 9.60. The molecule has 4 aromatic heterocycles. The van der Waals surface area contributed by atoms with Crippen LogP contribution in [0.15, 0.2) is 217 Å². The zero-order valence-electron chi connectivity index (χ0n) is 33.9. The SMILES string of the molecule is c1ccc(-c2nc(-c3ccc4c(c3)oc3ccccc34)nc(-n3c4ccccc4c4ccc5c6ccccc6n(-c6c(-c7ccccc7)cccc6-c6ccccc6)c5c43)n2)cc1. The molecule has 0 atom stereocenters. The summed E-state index contributed by atoms with van der Waals surface area (Å²) in [4.78, 5) is 16.0. The highest BCUT2D eigenvalue weighted by molar-refractivity contribution is 6.24. The van der Waals surface area contributed by atoms with Crippen LogP contribution in [-0.4, -0.2) is 24.1 Å². The lowest BCUT2D eigenvalue weighted by atomic mass is 9.95. The zero-order valence-corrected chi connectivity index (χ0v) is 33.9. The van der Waals surface area contributed by atoms with Gasteiger partial charge in [0.15, 0.2) is 11.6 Å². The molecule has 0 unspecified atom stereocenters. The molecule has 0 saturated carbocycles. The third kappa shape index (κ3) is 5.48. The summed E-state index contributed by atoms with van der Waals surface area (Å²) in [5.41, 5.74) is 13.2. The Morgan fingerprint density at radius 3 is 1.43 bits per heavy atom. The van der Waals surface area contributed by atoms with Gasteiger partial charge in [-0.05, 0) is 41.5 Å². The third-order valence-corrected chi connectivity index (χ3v) is 12.4. The molecule has 63 heavy (non-hydrogen) atoms. The van der Waals surface area contributed by atoms with E-state index in [1.807, 2.05) is 36.4 Å². The highest BCUT2D eigenvalue weighted by Crippen LogP contribution is 2.45. The summed E-state index contributed by atoms with van der Waals surface area (Å²) in [6, 6.07) is 74.6. The maximum absolute atomic E-state index is 6.38. The van der Waals surface area contributed by atoms with Crippen molar-refractivity contribution in [2.75, 3.05) is 0 Å². The second-order valence-electron chi connectivity index (χ2n) is 16.0.